The Bertz CT molecular complexity index is 1560. The van der Waals surface area contributed by atoms with Gasteiger partial charge >= 0.3 is 5.97 Å². The summed E-state index contributed by atoms with van der Waals surface area (Å²) in [6.07, 6.45) is 0.821. The number of nitrogens with two attached hydrogens (primary N) is 1. The van der Waals surface area contributed by atoms with Gasteiger partial charge in [0.05, 0.1) is 5.02 Å². The van der Waals surface area contributed by atoms with Crippen molar-refractivity contribution in [2.75, 3.05) is 11.1 Å². The third kappa shape index (κ3) is 3.60. The second kappa shape index (κ2) is 8.03. The maximum atomic E-state index is 14.6. The Morgan fingerprint density at radius 2 is 1.97 bits per heavy atom. The summed E-state index contributed by atoms with van der Waals surface area (Å²) in [6, 6.07) is 11.0. The average molecular weight is 482 g/mol. The topological polar surface area (TPSA) is 128 Å². The third-order valence-corrected chi connectivity index (χ3v) is 6.14. The third-order valence-electron chi connectivity index (χ3n) is 5.85. The molecular weight excluding hydrogens is 465 g/mol. The van der Waals surface area contributed by atoms with E-state index in [1.165, 1.54) is 28.8 Å². The fourth-order valence-corrected chi connectivity index (χ4v) is 4.46. The maximum absolute atomic E-state index is 14.6. The highest BCUT2D eigenvalue weighted by molar-refractivity contribution is 6.31. The highest BCUT2D eigenvalue weighted by Gasteiger charge is 2.30. The quantitative estimate of drug-likeness (QED) is 0.369. The van der Waals surface area contributed by atoms with Gasteiger partial charge in [-0.3, -0.25) is 9.59 Å². The number of amides is 1. The zero-order valence-corrected chi connectivity index (χ0v) is 18.2. The Kier molecular flexibility index (Phi) is 5.13. The van der Waals surface area contributed by atoms with Crippen LogP contribution in [-0.2, 0) is 11.2 Å². The molecule has 1 aliphatic rings. The van der Waals surface area contributed by atoms with Crippen molar-refractivity contribution in [3.63, 3.8) is 0 Å². The van der Waals surface area contributed by atoms with Crippen molar-refractivity contribution in [3.05, 3.63) is 81.2 Å². The number of hydrogen-bond acceptors (Lipinski definition) is 5. The monoisotopic (exact) mass is 481 g/mol. The van der Waals surface area contributed by atoms with Crippen molar-refractivity contribution in [3.8, 4) is 11.1 Å². The Morgan fingerprint density at radius 3 is 2.74 bits per heavy atom. The number of carbonyl (C=O) groups is 2. The van der Waals surface area contributed by atoms with Crippen LogP contribution in [0.25, 0.3) is 22.1 Å². The number of aromatic nitrogens is 1. The SMILES string of the molecule is Nc1ccc(Cl)c(F)c1-c1cc2n(c(=O)c1)[C@H](C(=O)Nc1ccc3oc(C(=O)O)cc3c1)CC2. The summed E-state index contributed by atoms with van der Waals surface area (Å²) in [7, 11) is 0. The average Bonchev–Trinajstić information content (AvgIpc) is 3.41. The molecule has 1 atom stereocenters. The lowest BCUT2D eigenvalue weighted by molar-refractivity contribution is -0.119. The molecular formula is C24H17ClFN3O5. The number of fused-ring (bicyclic) bond motifs is 2. The number of hydrogen-bond donors (Lipinski definition) is 3. The van der Waals surface area contributed by atoms with Gasteiger partial charge in [-0.05, 0) is 60.9 Å². The minimum absolute atomic E-state index is 0.0510. The molecule has 0 unspecified atom stereocenters. The van der Waals surface area contributed by atoms with Crippen LogP contribution in [0.5, 0.6) is 0 Å². The molecule has 0 radical (unpaired) electrons. The van der Waals surface area contributed by atoms with E-state index in [-0.39, 0.29) is 22.0 Å². The lowest BCUT2D eigenvalue weighted by atomic mass is 10.0. The smallest absolute Gasteiger partial charge is 0.371 e. The summed E-state index contributed by atoms with van der Waals surface area (Å²) < 4.78 is 21.2. The minimum Gasteiger partial charge on any atom is -0.475 e. The second-order valence-corrected chi connectivity index (χ2v) is 8.39. The Hall–Kier alpha value is -4.11. The number of anilines is 2. The van der Waals surface area contributed by atoms with Gasteiger partial charge in [0.1, 0.15) is 11.6 Å². The predicted octanol–water partition coefficient (Wildman–Crippen LogP) is 4.46. The normalized spacial score (nSPS) is 14.8. The van der Waals surface area contributed by atoms with Crippen LogP contribution < -0.4 is 16.6 Å². The van der Waals surface area contributed by atoms with Gasteiger partial charge in [-0.1, -0.05) is 11.6 Å². The van der Waals surface area contributed by atoms with Crippen molar-refractivity contribution in [2.45, 2.75) is 18.9 Å². The van der Waals surface area contributed by atoms with E-state index in [0.717, 1.165) is 0 Å². The first-order valence-corrected chi connectivity index (χ1v) is 10.7. The molecule has 3 heterocycles. The zero-order valence-electron chi connectivity index (χ0n) is 17.5. The van der Waals surface area contributed by atoms with E-state index in [1.54, 1.807) is 24.3 Å². The van der Waals surface area contributed by atoms with Gasteiger partial charge < -0.3 is 25.1 Å². The summed E-state index contributed by atoms with van der Waals surface area (Å²) in [4.78, 5) is 37.0. The molecule has 2 aromatic carbocycles. The second-order valence-electron chi connectivity index (χ2n) is 7.98. The number of nitrogens with zero attached hydrogens (tertiary/aromatic N) is 1. The van der Waals surface area contributed by atoms with Crippen LogP contribution in [0.4, 0.5) is 15.8 Å². The molecule has 0 saturated heterocycles. The van der Waals surface area contributed by atoms with Gasteiger partial charge in [0.2, 0.25) is 11.7 Å². The molecule has 34 heavy (non-hydrogen) atoms. The molecule has 0 aliphatic carbocycles. The van der Waals surface area contributed by atoms with Crippen molar-refractivity contribution < 1.29 is 23.5 Å². The molecule has 0 saturated carbocycles. The van der Waals surface area contributed by atoms with Gasteiger partial charge in [0.15, 0.2) is 5.82 Å². The Balaban J connectivity index is 1.44. The van der Waals surface area contributed by atoms with Gasteiger partial charge in [-0.2, -0.15) is 0 Å². The number of carboxylic acid groups (broad SMARTS) is 1. The first-order chi connectivity index (χ1) is 16.2. The Labute approximate surface area is 196 Å². The van der Waals surface area contributed by atoms with Crippen LogP contribution in [0.1, 0.15) is 28.7 Å². The number of carboxylic acids is 1. The molecule has 4 N–H and O–H groups in total. The number of furan rings is 1. The number of nitrogen functional groups attached to an aromatic ring is 1. The zero-order chi connectivity index (χ0) is 24.1. The molecule has 0 spiro atoms. The molecule has 0 bridgehead atoms. The number of aromatic carboxylic acids is 1. The number of nitrogens with one attached hydrogen (secondary N) is 1. The van der Waals surface area contributed by atoms with Crippen LogP contribution in [0, 0.1) is 5.82 Å². The highest BCUT2D eigenvalue weighted by Crippen LogP contribution is 2.35. The Morgan fingerprint density at radius 1 is 1.18 bits per heavy atom. The van der Waals surface area contributed by atoms with E-state index >= 15 is 0 Å². The molecule has 1 amide bonds. The van der Waals surface area contributed by atoms with Crippen LogP contribution >= 0.6 is 11.6 Å². The highest BCUT2D eigenvalue weighted by atomic mass is 35.5. The fourth-order valence-electron chi connectivity index (χ4n) is 4.30. The number of carbonyl (C=O) groups excluding carboxylic acids is 1. The molecule has 2 aromatic heterocycles. The van der Waals surface area contributed by atoms with E-state index in [2.05, 4.69) is 5.32 Å². The number of pyridine rings is 1. The molecule has 5 rings (SSSR count). The van der Waals surface area contributed by atoms with E-state index in [1.807, 2.05) is 0 Å². The van der Waals surface area contributed by atoms with E-state index in [0.29, 0.717) is 40.8 Å². The molecule has 172 valence electrons. The summed E-state index contributed by atoms with van der Waals surface area (Å²) in [6.45, 7) is 0. The number of benzene rings is 2. The molecule has 1 aliphatic heterocycles. The number of halogens is 2. The largest absolute Gasteiger partial charge is 0.475 e. The first-order valence-electron chi connectivity index (χ1n) is 10.3. The lowest BCUT2D eigenvalue weighted by Crippen LogP contribution is -2.31. The van der Waals surface area contributed by atoms with E-state index < -0.39 is 29.3 Å². The number of aryl methyl sites for hydroxylation is 1. The first kappa shape index (κ1) is 21.7. The summed E-state index contributed by atoms with van der Waals surface area (Å²) in [5.41, 5.74) is 7.36. The molecule has 0 fully saturated rings. The van der Waals surface area contributed by atoms with Crippen molar-refractivity contribution >= 4 is 45.8 Å². The van der Waals surface area contributed by atoms with Gasteiger partial charge in [-0.25, -0.2) is 9.18 Å². The molecule has 4 aromatic rings. The van der Waals surface area contributed by atoms with Crippen LogP contribution in [0.2, 0.25) is 5.02 Å². The van der Waals surface area contributed by atoms with Crippen LogP contribution in [0.3, 0.4) is 0 Å². The van der Waals surface area contributed by atoms with Crippen LogP contribution in [-0.4, -0.2) is 21.6 Å². The van der Waals surface area contributed by atoms with E-state index in [4.69, 9.17) is 26.9 Å². The van der Waals surface area contributed by atoms with Gasteiger partial charge in [0, 0.05) is 34.1 Å². The standard InChI is InChI=1S/C24H17ClFN3O5/c25-15-3-4-16(27)21(22(15)26)12-8-14-2-5-17(29(14)20(30)10-12)23(31)28-13-1-6-18-11(7-13)9-19(34-18)24(32)33/h1,3-4,6-10,17H,2,5,27H2,(H,28,31)(H,32,33)/t17-/m0/s1. The van der Waals surface area contributed by atoms with Crippen molar-refractivity contribution in [2.24, 2.45) is 0 Å². The van der Waals surface area contributed by atoms with E-state index in [9.17, 15) is 18.8 Å². The van der Waals surface area contributed by atoms with Gasteiger partial charge in [0.25, 0.3) is 5.56 Å². The summed E-state index contributed by atoms with van der Waals surface area (Å²) in [5, 5.41) is 12.3. The van der Waals surface area contributed by atoms with Gasteiger partial charge in [-0.15, -0.1) is 0 Å². The predicted molar refractivity (Wildman–Crippen MR) is 125 cm³/mol. The summed E-state index contributed by atoms with van der Waals surface area (Å²) in [5.74, 6) is -2.51. The van der Waals surface area contributed by atoms with Crippen LogP contribution in [0.15, 0.2) is 57.7 Å². The fraction of sp³-hybridized carbons (Fsp3) is 0.125. The van der Waals surface area contributed by atoms with Crippen molar-refractivity contribution in [1.29, 1.82) is 0 Å². The molecule has 10 heteroatoms. The van der Waals surface area contributed by atoms with Crippen molar-refractivity contribution in [1.82, 2.24) is 4.57 Å². The lowest BCUT2D eigenvalue weighted by Gasteiger charge is -2.16. The maximum Gasteiger partial charge on any atom is 0.371 e. The minimum atomic E-state index is -1.19. The summed E-state index contributed by atoms with van der Waals surface area (Å²) >= 11 is 5.89. The molecule has 8 nitrogen and oxygen atoms in total. The number of rotatable bonds is 4.